The van der Waals surface area contributed by atoms with Crippen molar-refractivity contribution in [1.29, 1.82) is 0 Å². The van der Waals surface area contributed by atoms with E-state index in [1.807, 2.05) is 0 Å². The van der Waals surface area contributed by atoms with Crippen LogP contribution in [-0.4, -0.2) is 25.2 Å². The van der Waals surface area contributed by atoms with Crippen LogP contribution in [0.15, 0.2) is 0 Å². The summed E-state index contributed by atoms with van der Waals surface area (Å²) in [5.41, 5.74) is 0. The first-order valence-corrected chi connectivity index (χ1v) is 5.92. The summed E-state index contributed by atoms with van der Waals surface area (Å²) in [4.78, 5) is 0. The van der Waals surface area contributed by atoms with Crippen LogP contribution in [0.25, 0.3) is 0 Å². The van der Waals surface area contributed by atoms with Crippen molar-refractivity contribution in [2.24, 2.45) is 0 Å². The van der Waals surface area contributed by atoms with Gasteiger partial charge in [-0.15, -0.1) is 0 Å². The number of piperidine rings is 1. The molecule has 0 bridgehead atoms. The van der Waals surface area contributed by atoms with Crippen LogP contribution in [0.3, 0.4) is 0 Å². The zero-order valence-electron chi connectivity index (χ0n) is 8.52. The van der Waals surface area contributed by atoms with Gasteiger partial charge in [-0.05, 0) is 32.2 Å². The molecule has 0 amide bonds. The molecule has 76 valence electrons. The largest absolute Gasteiger partial charge is 0.313 e. The molecule has 1 saturated heterocycles. The minimum atomic E-state index is 0.759. The third-order valence-electron chi connectivity index (χ3n) is 3.42. The van der Waals surface area contributed by atoms with Crippen LogP contribution < -0.4 is 10.6 Å². The molecular formula is C11H22N2. The third-order valence-corrected chi connectivity index (χ3v) is 3.42. The molecule has 2 rings (SSSR count). The molecule has 1 atom stereocenters. The molecule has 2 aliphatic rings. The summed E-state index contributed by atoms with van der Waals surface area (Å²) >= 11 is 0. The Labute approximate surface area is 81.5 Å². The Morgan fingerprint density at radius 2 is 1.77 bits per heavy atom. The van der Waals surface area contributed by atoms with Gasteiger partial charge in [0.2, 0.25) is 0 Å². The molecule has 2 N–H and O–H groups in total. The highest BCUT2D eigenvalue weighted by atomic mass is 15.0. The third kappa shape index (κ3) is 2.96. The van der Waals surface area contributed by atoms with Crippen molar-refractivity contribution in [3.05, 3.63) is 0 Å². The van der Waals surface area contributed by atoms with Gasteiger partial charge in [-0.25, -0.2) is 0 Å². The molecule has 1 aliphatic heterocycles. The highest BCUT2D eigenvalue weighted by Gasteiger charge is 2.17. The number of hydrogen-bond donors (Lipinski definition) is 2. The van der Waals surface area contributed by atoms with Crippen LogP contribution in [0, 0.1) is 0 Å². The summed E-state index contributed by atoms with van der Waals surface area (Å²) in [6.07, 6.45) is 9.87. The fourth-order valence-corrected chi connectivity index (χ4v) is 2.54. The molecule has 1 saturated carbocycles. The zero-order chi connectivity index (χ0) is 8.93. The van der Waals surface area contributed by atoms with E-state index in [4.69, 9.17) is 0 Å². The van der Waals surface area contributed by atoms with Gasteiger partial charge in [0.1, 0.15) is 0 Å². The summed E-state index contributed by atoms with van der Waals surface area (Å²) in [7, 11) is 0. The second kappa shape index (κ2) is 4.97. The first kappa shape index (κ1) is 9.47. The minimum Gasteiger partial charge on any atom is -0.313 e. The van der Waals surface area contributed by atoms with E-state index < -0.39 is 0 Å². The van der Waals surface area contributed by atoms with Gasteiger partial charge in [0.15, 0.2) is 0 Å². The zero-order valence-corrected chi connectivity index (χ0v) is 8.52. The van der Waals surface area contributed by atoms with E-state index in [2.05, 4.69) is 10.6 Å². The lowest BCUT2D eigenvalue weighted by Gasteiger charge is -2.25. The minimum absolute atomic E-state index is 0.759. The van der Waals surface area contributed by atoms with Crippen molar-refractivity contribution in [2.75, 3.05) is 13.1 Å². The second-order valence-electron chi connectivity index (χ2n) is 4.54. The lowest BCUT2D eigenvalue weighted by molar-refractivity contribution is 0.365. The summed E-state index contributed by atoms with van der Waals surface area (Å²) < 4.78 is 0. The molecule has 0 aromatic rings. The molecular weight excluding hydrogens is 160 g/mol. The molecule has 1 aliphatic carbocycles. The van der Waals surface area contributed by atoms with Crippen molar-refractivity contribution in [1.82, 2.24) is 10.6 Å². The van der Waals surface area contributed by atoms with Crippen molar-refractivity contribution in [3.63, 3.8) is 0 Å². The molecule has 2 nitrogen and oxygen atoms in total. The Bertz CT molecular complexity index is 135. The molecule has 2 fully saturated rings. The second-order valence-corrected chi connectivity index (χ2v) is 4.54. The smallest absolute Gasteiger partial charge is 0.0192 e. The maximum Gasteiger partial charge on any atom is 0.0192 e. The van der Waals surface area contributed by atoms with Gasteiger partial charge < -0.3 is 10.6 Å². The van der Waals surface area contributed by atoms with Crippen LogP contribution in [0.5, 0.6) is 0 Å². The summed E-state index contributed by atoms with van der Waals surface area (Å²) in [5, 5.41) is 7.27. The maximum atomic E-state index is 3.69. The molecule has 0 unspecified atom stereocenters. The van der Waals surface area contributed by atoms with E-state index in [1.165, 1.54) is 58.0 Å². The van der Waals surface area contributed by atoms with Gasteiger partial charge in [-0.3, -0.25) is 0 Å². The standard InChI is InChI=1S/C11H22N2/c1-2-6-10(5-1)13-9-11-7-3-4-8-12-11/h10-13H,1-9H2/t11-/m0/s1. The fourth-order valence-electron chi connectivity index (χ4n) is 2.54. The maximum absolute atomic E-state index is 3.69. The van der Waals surface area contributed by atoms with Gasteiger partial charge in [-0.1, -0.05) is 19.3 Å². The van der Waals surface area contributed by atoms with Crippen LogP contribution in [0.1, 0.15) is 44.9 Å². The summed E-state index contributed by atoms with van der Waals surface area (Å²) in [6, 6.07) is 1.60. The van der Waals surface area contributed by atoms with E-state index >= 15 is 0 Å². The van der Waals surface area contributed by atoms with Gasteiger partial charge in [0.25, 0.3) is 0 Å². The van der Waals surface area contributed by atoms with Crippen LogP contribution in [0.4, 0.5) is 0 Å². The van der Waals surface area contributed by atoms with Crippen LogP contribution >= 0.6 is 0 Å². The first-order chi connectivity index (χ1) is 6.45. The number of rotatable bonds is 3. The summed E-state index contributed by atoms with van der Waals surface area (Å²) in [6.45, 7) is 2.43. The fraction of sp³-hybridized carbons (Fsp3) is 1.00. The van der Waals surface area contributed by atoms with Crippen molar-refractivity contribution in [2.45, 2.75) is 57.0 Å². The summed E-state index contributed by atoms with van der Waals surface area (Å²) in [5.74, 6) is 0. The van der Waals surface area contributed by atoms with Gasteiger partial charge in [0.05, 0.1) is 0 Å². The SMILES string of the molecule is C1CC[C@@H](CNC2CCCC2)NC1. The average molecular weight is 182 g/mol. The normalized spacial score (nSPS) is 30.9. The van der Waals surface area contributed by atoms with E-state index in [9.17, 15) is 0 Å². The monoisotopic (exact) mass is 182 g/mol. The highest BCUT2D eigenvalue weighted by Crippen LogP contribution is 2.17. The van der Waals surface area contributed by atoms with E-state index in [1.54, 1.807) is 0 Å². The van der Waals surface area contributed by atoms with Gasteiger partial charge in [-0.2, -0.15) is 0 Å². The lowest BCUT2D eigenvalue weighted by Crippen LogP contribution is -2.44. The van der Waals surface area contributed by atoms with Crippen LogP contribution in [-0.2, 0) is 0 Å². The number of hydrogen-bond acceptors (Lipinski definition) is 2. The lowest BCUT2D eigenvalue weighted by atomic mass is 10.0. The van der Waals surface area contributed by atoms with Crippen molar-refractivity contribution < 1.29 is 0 Å². The first-order valence-electron chi connectivity index (χ1n) is 5.92. The van der Waals surface area contributed by atoms with Gasteiger partial charge in [0, 0.05) is 18.6 Å². The Balaban J connectivity index is 1.60. The molecule has 13 heavy (non-hydrogen) atoms. The van der Waals surface area contributed by atoms with Crippen molar-refractivity contribution >= 4 is 0 Å². The predicted octanol–water partition coefficient (Wildman–Crippen LogP) is 1.66. The average Bonchev–Trinajstić information content (AvgIpc) is 2.69. The van der Waals surface area contributed by atoms with E-state index in [0.717, 1.165) is 12.1 Å². The predicted molar refractivity (Wildman–Crippen MR) is 55.9 cm³/mol. The molecule has 1 heterocycles. The molecule has 0 spiro atoms. The molecule has 2 heteroatoms. The van der Waals surface area contributed by atoms with E-state index in [-0.39, 0.29) is 0 Å². The quantitative estimate of drug-likeness (QED) is 0.693. The molecule has 0 radical (unpaired) electrons. The van der Waals surface area contributed by atoms with Gasteiger partial charge >= 0.3 is 0 Å². The molecule has 0 aromatic heterocycles. The number of nitrogens with one attached hydrogen (secondary N) is 2. The van der Waals surface area contributed by atoms with E-state index in [0.29, 0.717) is 0 Å². The Morgan fingerprint density at radius 3 is 2.46 bits per heavy atom. The van der Waals surface area contributed by atoms with Crippen molar-refractivity contribution in [3.8, 4) is 0 Å². The Kier molecular flexibility index (Phi) is 3.62. The molecule has 0 aromatic carbocycles. The Hall–Kier alpha value is -0.0800. The van der Waals surface area contributed by atoms with Crippen LogP contribution in [0.2, 0.25) is 0 Å². The highest BCUT2D eigenvalue weighted by molar-refractivity contribution is 4.79. The Morgan fingerprint density at radius 1 is 1.00 bits per heavy atom. The topological polar surface area (TPSA) is 24.1 Å².